The van der Waals surface area contributed by atoms with E-state index < -0.39 is 0 Å². The first-order valence-electron chi connectivity index (χ1n) is 6.48. The van der Waals surface area contributed by atoms with Crippen LogP contribution in [0.1, 0.15) is 26.5 Å². The Kier molecular flexibility index (Phi) is 3.87. The molecule has 6 heteroatoms. The van der Waals surface area contributed by atoms with Crippen molar-refractivity contribution in [1.29, 1.82) is 0 Å². The second kappa shape index (κ2) is 5.24. The summed E-state index contributed by atoms with van der Waals surface area (Å²) in [4.78, 5) is 2.38. The van der Waals surface area contributed by atoms with Crippen LogP contribution >= 0.6 is 0 Å². The average Bonchev–Trinajstić information content (AvgIpc) is 2.69. The highest BCUT2D eigenvalue weighted by Crippen LogP contribution is 2.25. The van der Waals surface area contributed by atoms with Gasteiger partial charge in [0.05, 0.1) is 25.5 Å². The maximum atomic E-state index is 5.91. The smallest absolute Gasteiger partial charge is 0.169 e. The zero-order valence-electron chi connectivity index (χ0n) is 11.5. The van der Waals surface area contributed by atoms with E-state index in [2.05, 4.69) is 36.0 Å². The topological polar surface area (TPSA) is 69.2 Å². The Labute approximate surface area is 108 Å². The SMILES string of the molecule is CC(C)(C)c1c(N)nnn1CCN1CCOCC1. The zero-order valence-corrected chi connectivity index (χ0v) is 11.5. The van der Waals surface area contributed by atoms with Gasteiger partial charge in [0.25, 0.3) is 0 Å². The molecule has 0 aliphatic carbocycles. The van der Waals surface area contributed by atoms with Crippen LogP contribution in [-0.2, 0) is 16.7 Å². The third-order valence-electron chi connectivity index (χ3n) is 3.20. The number of nitrogens with two attached hydrogens (primary N) is 1. The highest BCUT2D eigenvalue weighted by atomic mass is 16.5. The Balaban J connectivity index is 2.01. The van der Waals surface area contributed by atoms with Gasteiger partial charge in [-0.1, -0.05) is 26.0 Å². The van der Waals surface area contributed by atoms with Gasteiger partial charge in [0.2, 0.25) is 0 Å². The molecule has 2 heterocycles. The Bertz CT molecular complexity index is 390. The minimum absolute atomic E-state index is 0.0292. The third-order valence-corrected chi connectivity index (χ3v) is 3.20. The van der Waals surface area contributed by atoms with E-state index in [1.54, 1.807) is 0 Å². The molecule has 0 aromatic carbocycles. The Morgan fingerprint density at radius 2 is 1.89 bits per heavy atom. The van der Waals surface area contributed by atoms with Gasteiger partial charge < -0.3 is 10.5 Å². The summed E-state index contributed by atoms with van der Waals surface area (Å²) in [6, 6.07) is 0. The summed E-state index contributed by atoms with van der Waals surface area (Å²) in [6.07, 6.45) is 0. The second-order valence-corrected chi connectivity index (χ2v) is 5.75. The Morgan fingerprint density at radius 1 is 1.22 bits per heavy atom. The summed E-state index contributed by atoms with van der Waals surface area (Å²) in [5.74, 6) is 0.546. The van der Waals surface area contributed by atoms with Gasteiger partial charge >= 0.3 is 0 Å². The number of nitrogens with zero attached hydrogens (tertiary/aromatic N) is 4. The second-order valence-electron chi connectivity index (χ2n) is 5.75. The summed E-state index contributed by atoms with van der Waals surface area (Å²) in [6.45, 7) is 11.8. The molecular weight excluding hydrogens is 230 g/mol. The molecule has 102 valence electrons. The molecule has 0 atom stereocenters. The Hall–Kier alpha value is -1.14. The fourth-order valence-corrected chi connectivity index (χ4v) is 2.32. The molecule has 0 unspecified atom stereocenters. The summed E-state index contributed by atoms with van der Waals surface area (Å²) in [5.41, 5.74) is 6.90. The summed E-state index contributed by atoms with van der Waals surface area (Å²) < 4.78 is 7.27. The lowest BCUT2D eigenvalue weighted by Gasteiger charge is -2.27. The fraction of sp³-hybridized carbons (Fsp3) is 0.833. The van der Waals surface area contributed by atoms with E-state index in [0.29, 0.717) is 5.82 Å². The predicted molar refractivity (Wildman–Crippen MR) is 70.4 cm³/mol. The van der Waals surface area contributed by atoms with Gasteiger partial charge in [-0.05, 0) is 0 Å². The standard InChI is InChI=1S/C12H23N5O/c1-12(2,3)10-11(13)14-15-17(10)5-4-16-6-8-18-9-7-16/h4-9,13H2,1-3H3. The Morgan fingerprint density at radius 3 is 2.50 bits per heavy atom. The molecular formula is C12H23N5O. The number of nitrogen functional groups attached to an aromatic ring is 1. The van der Waals surface area contributed by atoms with Crippen LogP contribution in [0.5, 0.6) is 0 Å². The van der Waals surface area contributed by atoms with E-state index in [0.717, 1.165) is 45.1 Å². The molecule has 0 saturated carbocycles. The maximum Gasteiger partial charge on any atom is 0.169 e. The van der Waals surface area contributed by atoms with Crippen LogP contribution in [0, 0.1) is 0 Å². The normalized spacial score (nSPS) is 18.2. The minimum Gasteiger partial charge on any atom is -0.381 e. The molecule has 1 saturated heterocycles. The van der Waals surface area contributed by atoms with Crippen molar-refractivity contribution in [2.45, 2.75) is 32.7 Å². The van der Waals surface area contributed by atoms with E-state index in [-0.39, 0.29) is 5.41 Å². The van der Waals surface area contributed by atoms with Gasteiger partial charge in [-0.2, -0.15) is 0 Å². The molecule has 1 aromatic heterocycles. The summed E-state index contributed by atoms with van der Waals surface area (Å²) in [5, 5.41) is 8.14. The van der Waals surface area contributed by atoms with Crippen molar-refractivity contribution in [1.82, 2.24) is 19.9 Å². The third kappa shape index (κ3) is 3.00. The van der Waals surface area contributed by atoms with Crippen LogP contribution in [0.25, 0.3) is 0 Å². The van der Waals surface area contributed by atoms with Crippen molar-refractivity contribution in [3.63, 3.8) is 0 Å². The molecule has 0 radical (unpaired) electrons. The number of anilines is 1. The molecule has 0 bridgehead atoms. The highest BCUT2D eigenvalue weighted by molar-refractivity contribution is 5.37. The first-order valence-corrected chi connectivity index (χ1v) is 6.48. The molecule has 0 spiro atoms. The van der Waals surface area contributed by atoms with Gasteiger partial charge in [-0.15, -0.1) is 5.10 Å². The molecule has 2 N–H and O–H groups in total. The van der Waals surface area contributed by atoms with Crippen LogP contribution in [-0.4, -0.2) is 52.7 Å². The number of morpholine rings is 1. The van der Waals surface area contributed by atoms with Crippen molar-refractivity contribution >= 4 is 5.82 Å². The van der Waals surface area contributed by atoms with E-state index in [9.17, 15) is 0 Å². The first-order chi connectivity index (χ1) is 8.48. The van der Waals surface area contributed by atoms with Gasteiger partial charge in [-0.25, -0.2) is 4.68 Å². The van der Waals surface area contributed by atoms with Crippen molar-refractivity contribution in [2.24, 2.45) is 0 Å². The van der Waals surface area contributed by atoms with Crippen LogP contribution in [0.3, 0.4) is 0 Å². The first kappa shape index (κ1) is 13.3. The summed E-state index contributed by atoms with van der Waals surface area (Å²) >= 11 is 0. The lowest BCUT2D eigenvalue weighted by Crippen LogP contribution is -2.38. The number of rotatable bonds is 3. The molecule has 2 rings (SSSR count). The lowest BCUT2D eigenvalue weighted by atomic mass is 9.92. The minimum atomic E-state index is -0.0292. The van der Waals surface area contributed by atoms with E-state index in [4.69, 9.17) is 10.5 Å². The van der Waals surface area contributed by atoms with Crippen molar-refractivity contribution < 1.29 is 4.74 Å². The fourth-order valence-electron chi connectivity index (χ4n) is 2.32. The highest BCUT2D eigenvalue weighted by Gasteiger charge is 2.24. The largest absolute Gasteiger partial charge is 0.381 e. The zero-order chi connectivity index (χ0) is 13.2. The van der Waals surface area contributed by atoms with Crippen molar-refractivity contribution in [3.05, 3.63) is 5.69 Å². The maximum absolute atomic E-state index is 5.91. The van der Waals surface area contributed by atoms with E-state index in [1.807, 2.05) is 4.68 Å². The van der Waals surface area contributed by atoms with Crippen molar-refractivity contribution in [3.8, 4) is 0 Å². The molecule has 6 nitrogen and oxygen atoms in total. The van der Waals surface area contributed by atoms with E-state index >= 15 is 0 Å². The monoisotopic (exact) mass is 253 g/mol. The number of aromatic nitrogens is 3. The van der Waals surface area contributed by atoms with Gasteiger partial charge in [0, 0.05) is 25.0 Å². The molecule has 18 heavy (non-hydrogen) atoms. The number of hydrogen-bond donors (Lipinski definition) is 1. The number of hydrogen-bond acceptors (Lipinski definition) is 5. The average molecular weight is 253 g/mol. The summed E-state index contributed by atoms with van der Waals surface area (Å²) in [7, 11) is 0. The lowest BCUT2D eigenvalue weighted by molar-refractivity contribution is 0.0357. The number of ether oxygens (including phenoxy) is 1. The molecule has 1 aliphatic heterocycles. The molecule has 0 amide bonds. The van der Waals surface area contributed by atoms with Gasteiger partial charge in [-0.3, -0.25) is 4.90 Å². The van der Waals surface area contributed by atoms with Gasteiger partial charge in [0.15, 0.2) is 5.82 Å². The van der Waals surface area contributed by atoms with Crippen LogP contribution < -0.4 is 5.73 Å². The van der Waals surface area contributed by atoms with Crippen LogP contribution in [0.15, 0.2) is 0 Å². The predicted octanol–water partition coefficient (Wildman–Crippen LogP) is 0.490. The van der Waals surface area contributed by atoms with Crippen LogP contribution in [0.2, 0.25) is 0 Å². The van der Waals surface area contributed by atoms with E-state index in [1.165, 1.54) is 0 Å². The van der Waals surface area contributed by atoms with Crippen LogP contribution in [0.4, 0.5) is 5.82 Å². The molecule has 1 fully saturated rings. The molecule has 1 aliphatic rings. The van der Waals surface area contributed by atoms with Crippen molar-refractivity contribution in [2.75, 3.05) is 38.6 Å². The quantitative estimate of drug-likeness (QED) is 0.849. The van der Waals surface area contributed by atoms with Gasteiger partial charge in [0.1, 0.15) is 0 Å². The molecule has 1 aromatic rings.